The molecule has 1 heterocycles. The Morgan fingerprint density at radius 3 is 2.71 bits per heavy atom. The number of carbonyl (C=O) groups excluding carboxylic acids is 1. The molecule has 1 aliphatic rings. The summed E-state index contributed by atoms with van der Waals surface area (Å²) in [6.45, 7) is 2.35. The van der Waals surface area contributed by atoms with Gasteiger partial charge in [0.25, 0.3) is 11.6 Å². The number of rotatable bonds is 2. The lowest BCUT2D eigenvalue weighted by Gasteiger charge is -2.24. The largest absolute Gasteiger partial charge is 0.308 e. The predicted octanol–water partition coefficient (Wildman–Crippen LogP) is 4.54. The number of carbonyl (C=O) groups is 1. The number of halogens is 1. The summed E-state index contributed by atoms with van der Waals surface area (Å²) in [5.74, 6) is -0.132. The molecule has 24 heavy (non-hydrogen) atoms. The van der Waals surface area contributed by atoms with E-state index >= 15 is 0 Å². The maximum atomic E-state index is 13.0. The maximum absolute atomic E-state index is 13.0. The third kappa shape index (κ3) is 3.12. The second-order valence-corrected chi connectivity index (χ2v) is 6.38. The Labute approximate surface area is 145 Å². The molecule has 0 N–H and O–H groups in total. The fourth-order valence-electron chi connectivity index (χ4n) is 3.08. The molecular weight excluding hydrogens is 328 g/mol. The molecule has 1 amide bonds. The fourth-order valence-corrected chi connectivity index (χ4v) is 3.28. The molecule has 3 rings (SSSR count). The van der Waals surface area contributed by atoms with Crippen LogP contribution in [0.2, 0.25) is 5.02 Å². The van der Waals surface area contributed by atoms with Gasteiger partial charge in [-0.1, -0.05) is 11.6 Å². The monoisotopic (exact) mass is 344 g/mol. The number of hydrogen-bond acceptors (Lipinski definition) is 3. The van der Waals surface area contributed by atoms with Gasteiger partial charge in [0.1, 0.15) is 0 Å². The quantitative estimate of drug-likeness (QED) is 0.593. The Kier molecular flexibility index (Phi) is 4.53. The van der Waals surface area contributed by atoms with Crippen molar-refractivity contribution in [3.63, 3.8) is 0 Å². The number of non-ortho nitro benzene ring substituents is 1. The van der Waals surface area contributed by atoms with Gasteiger partial charge in [0.2, 0.25) is 0 Å². The number of fused-ring (bicyclic) bond motifs is 1. The average Bonchev–Trinajstić information content (AvgIpc) is 2.75. The predicted molar refractivity (Wildman–Crippen MR) is 93.9 cm³/mol. The summed E-state index contributed by atoms with van der Waals surface area (Å²) in [7, 11) is 0. The van der Waals surface area contributed by atoms with E-state index in [4.69, 9.17) is 11.6 Å². The van der Waals surface area contributed by atoms with Gasteiger partial charge in [-0.05, 0) is 61.6 Å². The SMILES string of the molecule is Cc1cc([N+](=O)[O-])ccc1C(=O)N1CCCCc2cc(Cl)ccc21. The van der Waals surface area contributed by atoms with Crippen molar-refractivity contribution in [1.82, 2.24) is 0 Å². The summed E-state index contributed by atoms with van der Waals surface area (Å²) in [5.41, 5.74) is 3.03. The molecule has 0 spiro atoms. The van der Waals surface area contributed by atoms with E-state index in [2.05, 4.69) is 0 Å². The highest BCUT2D eigenvalue weighted by atomic mass is 35.5. The second-order valence-electron chi connectivity index (χ2n) is 5.94. The van der Waals surface area contributed by atoms with Crippen LogP contribution >= 0.6 is 11.6 Å². The highest BCUT2D eigenvalue weighted by Gasteiger charge is 2.24. The van der Waals surface area contributed by atoms with Gasteiger partial charge < -0.3 is 4.90 Å². The zero-order chi connectivity index (χ0) is 17.3. The van der Waals surface area contributed by atoms with Gasteiger partial charge in [0.05, 0.1) is 4.92 Å². The first-order chi connectivity index (χ1) is 11.5. The van der Waals surface area contributed by atoms with Gasteiger partial charge in [-0.2, -0.15) is 0 Å². The standard InChI is InChI=1S/C18H17ClN2O3/c1-12-10-15(21(23)24)6-7-16(12)18(22)20-9-3-2-4-13-11-14(19)5-8-17(13)20/h5-8,10-11H,2-4,9H2,1H3. The Bertz CT molecular complexity index is 820. The van der Waals surface area contributed by atoms with E-state index in [-0.39, 0.29) is 11.6 Å². The minimum absolute atomic E-state index is 0.00732. The first-order valence-electron chi connectivity index (χ1n) is 7.82. The van der Waals surface area contributed by atoms with E-state index in [1.54, 1.807) is 17.9 Å². The van der Waals surface area contributed by atoms with Crippen molar-refractivity contribution in [3.05, 3.63) is 68.2 Å². The molecule has 0 aromatic heterocycles. The van der Waals surface area contributed by atoms with E-state index in [1.165, 1.54) is 18.2 Å². The van der Waals surface area contributed by atoms with Crippen LogP contribution in [0.1, 0.15) is 34.3 Å². The molecule has 0 radical (unpaired) electrons. The summed E-state index contributed by atoms with van der Waals surface area (Å²) in [4.78, 5) is 25.2. The smallest absolute Gasteiger partial charge is 0.269 e. The van der Waals surface area contributed by atoms with Crippen LogP contribution in [0.5, 0.6) is 0 Å². The Balaban J connectivity index is 2.00. The minimum atomic E-state index is -0.454. The van der Waals surface area contributed by atoms with Crippen molar-refractivity contribution in [3.8, 4) is 0 Å². The number of nitro benzene ring substituents is 1. The zero-order valence-electron chi connectivity index (χ0n) is 13.3. The number of nitrogens with zero attached hydrogens (tertiary/aromatic N) is 2. The van der Waals surface area contributed by atoms with Gasteiger partial charge in [-0.3, -0.25) is 14.9 Å². The van der Waals surface area contributed by atoms with Crippen LogP contribution in [0, 0.1) is 17.0 Å². The molecule has 0 unspecified atom stereocenters. The number of anilines is 1. The zero-order valence-corrected chi connectivity index (χ0v) is 14.0. The summed E-state index contributed by atoms with van der Waals surface area (Å²) >= 11 is 6.08. The van der Waals surface area contributed by atoms with E-state index in [0.717, 1.165) is 30.5 Å². The van der Waals surface area contributed by atoms with Crippen LogP contribution < -0.4 is 4.90 Å². The number of amides is 1. The summed E-state index contributed by atoms with van der Waals surface area (Å²) in [6, 6.07) is 9.92. The van der Waals surface area contributed by atoms with E-state index in [0.29, 0.717) is 22.7 Å². The first kappa shape index (κ1) is 16.5. The Morgan fingerprint density at radius 1 is 1.21 bits per heavy atom. The number of aryl methyl sites for hydroxylation is 2. The second kappa shape index (κ2) is 6.61. The number of benzene rings is 2. The lowest BCUT2D eigenvalue weighted by Crippen LogP contribution is -2.32. The molecule has 0 bridgehead atoms. The van der Waals surface area contributed by atoms with Gasteiger partial charge in [0.15, 0.2) is 0 Å². The third-order valence-corrected chi connectivity index (χ3v) is 4.54. The first-order valence-corrected chi connectivity index (χ1v) is 8.20. The van der Waals surface area contributed by atoms with Crippen molar-refractivity contribution in [2.45, 2.75) is 26.2 Å². The number of hydrogen-bond donors (Lipinski definition) is 0. The van der Waals surface area contributed by atoms with E-state index in [9.17, 15) is 14.9 Å². The molecule has 0 saturated carbocycles. The molecular formula is C18H17ClN2O3. The summed E-state index contributed by atoms with van der Waals surface area (Å²) in [6.07, 6.45) is 2.79. The van der Waals surface area contributed by atoms with Crippen LogP contribution in [0.25, 0.3) is 0 Å². The molecule has 0 fully saturated rings. The van der Waals surface area contributed by atoms with Crippen LogP contribution in [0.4, 0.5) is 11.4 Å². The minimum Gasteiger partial charge on any atom is -0.308 e. The molecule has 5 nitrogen and oxygen atoms in total. The van der Waals surface area contributed by atoms with Crippen molar-refractivity contribution in [2.24, 2.45) is 0 Å². The van der Waals surface area contributed by atoms with Crippen LogP contribution in [0.15, 0.2) is 36.4 Å². The molecule has 6 heteroatoms. The van der Waals surface area contributed by atoms with Gasteiger partial charge >= 0.3 is 0 Å². The van der Waals surface area contributed by atoms with Crippen molar-refractivity contribution in [1.29, 1.82) is 0 Å². The normalized spacial score (nSPS) is 14.0. The fraction of sp³-hybridized carbons (Fsp3) is 0.278. The Morgan fingerprint density at radius 2 is 2.00 bits per heavy atom. The number of nitro groups is 1. The molecule has 1 aliphatic heterocycles. The van der Waals surface area contributed by atoms with Crippen molar-refractivity contribution in [2.75, 3.05) is 11.4 Å². The highest BCUT2D eigenvalue weighted by molar-refractivity contribution is 6.30. The van der Waals surface area contributed by atoms with Crippen LogP contribution in [0.3, 0.4) is 0 Å². The molecule has 124 valence electrons. The van der Waals surface area contributed by atoms with Crippen LogP contribution in [-0.4, -0.2) is 17.4 Å². The van der Waals surface area contributed by atoms with Crippen molar-refractivity contribution >= 4 is 28.9 Å². The summed E-state index contributed by atoms with van der Waals surface area (Å²) in [5, 5.41) is 11.5. The van der Waals surface area contributed by atoms with Crippen molar-refractivity contribution < 1.29 is 9.72 Å². The topological polar surface area (TPSA) is 63.5 Å². The van der Waals surface area contributed by atoms with Crippen LogP contribution in [-0.2, 0) is 6.42 Å². The maximum Gasteiger partial charge on any atom is 0.269 e. The van der Waals surface area contributed by atoms with Gasteiger partial charge in [-0.25, -0.2) is 0 Å². The van der Waals surface area contributed by atoms with Gasteiger partial charge in [0, 0.05) is 35.0 Å². The molecule has 0 saturated heterocycles. The highest BCUT2D eigenvalue weighted by Crippen LogP contribution is 2.31. The lowest BCUT2D eigenvalue weighted by molar-refractivity contribution is -0.384. The van der Waals surface area contributed by atoms with Gasteiger partial charge in [-0.15, -0.1) is 0 Å². The third-order valence-electron chi connectivity index (χ3n) is 4.31. The summed E-state index contributed by atoms with van der Waals surface area (Å²) < 4.78 is 0. The molecule has 0 atom stereocenters. The molecule has 2 aromatic carbocycles. The molecule has 2 aromatic rings. The van der Waals surface area contributed by atoms with E-state index in [1.807, 2.05) is 12.1 Å². The lowest BCUT2D eigenvalue weighted by atomic mass is 10.0. The molecule has 0 aliphatic carbocycles. The average molecular weight is 345 g/mol. The van der Waals surface area contributed by atoms with E-state index < -0.39 is 4.92 Å². The Hall–Kier alpha value is -2.40.